The molecule has 0 atom stereocenters. The maximum atomic E-state index is 6.02. The highest BCUT2D eigenvalue weighted by molar-refractivity contribution is 14.0. The predicted molar refractivity (Wildman–Crippen MR) is 124 cm³/mol. The van der Waals surface area contributed by atoms with Crippen molar-refractivity contribution in [3.05, 3.63) is 37.4 Å². The molecule has 26 heavy (non-hydrogen) atoms. The fourth-order valence-corrected chi connectivity index (χ4v) is 4.82. The first-order valence-corrected chi connectivity index (χ1v) is 10.5. The number of piperazine rings is 1. The Morgan fingerprint density at radius 3 is 2.62 bits per heavy atom. The molecular weight excluding hydrogens is 501 g/mol. The molecule has 1 aliphatic rings. The number of hydrogen-bond acceptors (Lipinski definition) is 5. The first-order chi connectivity index (χ1) is 12.1. The summed E-state index contributed by atoms with van der Waals surface area (Å²) in [6.45, 7) is 8.03. The average Bonchev–Trinajstić information content (AvgIpc) is 3.21. The van der Waals surface area contributed by atoms with Crippen molar-refractivity contribution in [2.24, 2.45) is 4.99 Å². The van der Waals surface area contributed by atoms with Crippen LogP contribution in [0.2, 0.25) is 4.34 Å². The van der Waals surface area contributed by atoms with Gasteiger partial charge in [0.2, 0.25) is 0 Å². The molecule has 1 N–H and O–H groups in total. The summed E-state index contributed by atoms with van der Waals surface area (Å²) in [5, 5.41) is 4.65. The lowest BCUT2D eigenvalue weighted by Crippen LogP contribution is -2.52. The number of nitrogens with zero attached hydrogens (tertiary/aromatic N) is 4. The molecule has 144 valence electrons. The predicted octanol–water partition coefficient (Wildman–Crippen LogP) is 3.72. The van der Waals surface area contributed by atoms with Gasteiger partial charge in [-0.2, -0.15) is 0 Å². The van der Waals surface area contributed by atoms with E-state index in [0.717, 1.165) is 56.0 Å². The quantitative estimate of drug-likeness (QED) is 0.367. The van der Waals surface area contributed by atoms with Gasteiger partial charge in [0, 0.05) is 68.7 Å². The number of aromatic nitrogens is 1. The number of nitrogens with one attached hydrogen (secondary N) is 1. The van der Waals surface area contributed by atoms with Crippen LogP contribution in [0.3, 0.4) is 0 Å². The van der Waals surface area contributed by atoms with E-state index in [9.17, 15) is 0 Å². The molecular formula is C17H25ClIN5S2. The van der Waals surface area contributed by atoms with E-state index in [0.29, 0.717) is 0 Å². The first kappa shape index (κ1) is 21.9. The largest absolute Gasteiger partial charge is 0.356 e. The van der Waals surface area contributed by atoms with Crippen LogP contribution in [-0.4, -0.2) is 60.5 Å². The molecule has 3 rings (SSSR count). The Balaban J connectivity index is 0.00000243. The number of guanidine groups is 1. The monoisotopic (exact) mass is 525 g/mol. The summed E-state index contributed by atoms with van der Waals surface area (Å²) in [6.07, 6.45) is 2.88. The number of rotatable bonds is 5. The number of halogens is 2. The van der Waals surface area contributed by atoms with Gasteiger partial charge in [0.05, 0.1) is 9.34 Å². The normalized spacial score (nSPS) is 15.8. The summed E-state index contributed by atoms with van der Waals surface area (Å²) in [6, 6.07) is 4.10. The number of thiazole rings is 1. The van der Waals surface area contributed by atoms with Crippen LogP contribution in [0.1, 0.15) is 14.8 Å². The smallest absolute Gasteiger partial charge is 0.193 e. The molecule has 2 aromatic rings. The van der Waals surface area contributed by atoms with E-state index in [1.54, 1.807) is 22.7 Å². The molecule has 0 spiro atoms. The SMILES string of the molecule is CN=C(NCCc1ncc(C)s1)N1CCN(Cc2ccc(Cl)s2)CC1.I. The van der Waals surface area contributed by atoms with Crippen molar-refractivity contribution in [2.45, 2.75) is 19.9 Å². The molecule has 0 amide bonds. The Hall–Kier alpha value is -0.420. The fraction of sp³-hybridized carbons (Fsp3) is 0.529. The van der Waals surface area contributed by atoms with Crippen LogP contribution in [-0.2, 0) is 13.0 Å². The Labute approximate surface area is 185 Å². The second kappa shape index (κ2) is 10.8. The second-order valence-corrected chi connectivity index (χ2v) is 9.18. The van der Waals surface area contributed by atoms with E-state index in [2.05, 4.69) is 38.1 Å². The summed E-state index contributed by atoms with van der Waals surface area (Å²) in [5.41, 5.74) is 0. The number of thiophene rings is 1. The van der Waals surface area contributed by atoms with Gasteiger partial charge < -0.3 is 10.2 Å². The van der Waals surface area contributed by atoms with Gasteiger partial charge in [0.15, 0.2) is 5.96 Å². The van der Waals surface area contributed by atoms with Crippen LogP contribution in [0.15, 0.2) is 23.3 Å². The Bertz CT molecular complexity index is 710. The van der Waals surface area contributed by atoms with E-state index >= 15 is 0 Å². The highest BCUT2D eigenvalue weighted by atomic mass is 127. The van der Waals surface area contributed by atoms with Gasteiger partial charge in [-0.05, 0) is 19.1 Å². The molecule has 0 saturated carbocycles. The van der Waals surface area contributed by atoms with Gasteiger partial charge in [-0.25, -0.2) is 4.98 Å². The maximum absolute atomic E-state index is 6.02. The summed E-state index contributed by atoms with van der Waals surface area (Å²) < 4.78 is 0.869. The number of aryl methyl sites for hydroxylation is 1. The lowest BCUT2D eigenvalue weighted by molar-refractivity contribution is 0.174. The summed E-state index contributed by atoms with van der Waals surface area (Å²) in [4.78, 5) is 16.3. The average molecular weight is 526 g/mol. The van der Waals surface area contributed by atoms with Crippen molar-refractivity contribution in [2.75, 3.05) is 39.8 Å². The van der Waals surface area contributed by atoms with Gasteiger partial charge in [0.25, 0.3) is 0 Å². The van der Waals surface area contributed by atoms with Crippen molar-refractivity contribution in [3.63, 3.8) is 0 Å². The molecule has 3 heterocycles. The summed E-state index contributed by atoms with van der Waals surface area (Å²) >= 11 is 9.46. The Kier molecular flexibility index (Phi) is 9.08. The molecule has 2 aromatic heterocycles. The van der Waals surface area contributed by atoms with Crippen molar-refractivity contribution >= 4 is 64.2 Å². The van der Waals surface area contributed by atoms with Crippen LogP contribution >= 0.6 is 58.3 Å². The highest BCUT2D eigenvalue weighted by Gasteiger charge is 2.20. The minimum absolute atomic E-state index is 0. The third kappa shape index (κ3) is 6.33. The standard InChI is InChI=1S/C17H24ClN5S2.HI/c1-13-11-21-16(24-13)5-6-20-17(19-2)23-9-7-22(8-10-23)12-14-3-4-15(18)25-14;/h3-4,11H,5-10,12H2,1-2H3,(H,19,20);1H. The van der Waals surface area contributed by atoms with Crippen LogP contribution < -0.4 is 5.32 Å². The summed E-state index contributed by atoms with van der Waals surface area (Å²) in [7, 11) is 1.86. The lowest BCUT2D eigenvalue weighted by Gasteiger charge is -2.36. The van der Waals surface area contributed by atoms with Crippen molar-refractivity contribution in [3.8, 4) is 0 Å². The van der Waals surface area contributed by atoms with Gasteiger partial charge in [-0.1, -0.05) is 11.6 Å². The molecule has 1 saturated heterocycles. The molecule has 1 aliphatic heterocycles. The minimum Gasteiger partial charge on any atom is -0.356 e. The molecule has 5 nitrogen and oxygen atoms in total. The third-order valence-electron chi connectivity index (χ3n) is 4.18. The highest BCUT2D eigenvalue weighted by Crippen LogP contribution is 2.23. The molecule has 0 aliphatic carbocycles. The Morgan fingerprint density at radius 1 is 1.27 bits per heavy atom. The number of hydrogen-bond donors (Lipinski definition) is 1. The minimum atomic E-state index is 0. The molecule has 0 radical (unpaired) electrons. The van der Waals surface area contributed by atoms with Crippen molar-refractivity contribution in [1.29, 1.82) is 0 Å². The molecule has 0 bridgehead atoms. The zero-order valence-corrected chi connectivity index (χ0v) is 19.8. The topological polar surface area (TPSA) is 43.8 Å². The van der Waals surface area contributed by atoms with E-state index in [-0.39, 0.29) is 24.0 Å². The lowest BCUT2D eigenvalue weighted by atomic mass is 10.3. The van der Waals surface area contributed by atoms with Gasteiger partial charge >= 0.3 is 0 Å². The van der Waals surface area contributed by atoms with E-state index in [1.165, 1.54) is 14.8 Å². The van der Waals surface area contributed by atoms with Crippen molar-refractivity contribution < 1.29 is 0 Å². The van der Waals surface area contributed by atoms with Crippen molar-refractivity contribution in [1.82, 2.24) is 20.1 Å². The number of aliphatic imine (C=N–C) groups is 1. The van der Waals surface area contributed by atoms with E-state index < -0.39 is 0 Å². The van der Waals surface area contributed by atoms with Crippen LogP contribution in [0.4, 0.5) is 0 Å². The van der Waals surface area contributed by atoms with Crippen LogP contribution in [0.25, 0.3) is 0 Å². The molecule has 0 aromatic carbocycles. The zero-order valence-electron chi connectivity index (χ0n) is 15.1. The molecule has 1 fully saturated rings. The maximum Gasteiger partial charge on any atom is 0.193 e. The first-order valence-electron chi connectivity index (χ1n) is 8.47. The van der Waals surface area contributed by atoms with Gasteiger partial charge in [-0.3, -0.25) is 9.89 Å². The third-order valence-corrected chi connectivity index (χ3v) is 6.37. The van der Waals surface area contributed by atoms with E-state index in [4.69, 9.17) is 11.6 Å². The molecule has 0 unspecified atom stereocenters. The van der Waals surface area contributed by atoms with E-state index in [1.807, 2.05) is 19.3 Å². The molecule has 9 heteroatoms. The zero-order chi connectivity index (χ0) is 17.6. The van der Waals surface area contributed by atoms with Gasteiger partial charge in [-0.15, -0.1) is 46.7 Å². The second-order valence-electron chi connectivity index (χ2n) is 6.06. The Morgan fingerprint density at radius 2 is 2.04 bits per heavy atom. The van der Waals surface area contributed by atoms with Gasteiger partial charge in [0.1, 0.15) is 0 Å². The van der Waals surface area contributed by atoms with Crippen LogP contribution in [0.5, 0.6) is 0 Å². The van der Waals surface area contributed by atoms with Crippen LogP contribution in [0, 0.1) is 6.92 Å². The summed E-state index contributed by atoms with van der Waals surface area (Å²) in [5.74, 6) is 0.993. The fourth-order valence-electron chi connectivity index (χ4n) is 2.91.